The Kier molecular flexibility index (Phi) is 5.38. The van der Waals surface area contributed by atoms with Crippen LogP contribution in [0.15, 0.2) is 78.6 Å². The van der Waals surface area contributed by atoms with Crippen LogP contribution in [0.5, 0.6) is 0 Å². The number of amides is 1. The van der Waals surface area contributed by atoms with E-state index in [2.05, 4.69) is 4.98 Å². The van der Waals surface area contributed by atoms with Crippen LogP contribution < -0.4 is 0 Å². The second-order valence-electron chi connectivity index (χ2n) is 7.18. The van der Waals surface area contributed by atoms with Gasteiger partial charge in [0.2, 0.25) is 0 Å². The SMILES string of the molecule is Cc1ccc(/C(O)=C2/C(=O)C(=O)N(Cc3cccnc3)C2c2ccccc2Cl)cc1. The maximum Gasteiger partial charge on any atom is 0.295 e. The summed E-state index contributed by atoms with van der Waals surface area (Å²) in [7, 11) is 0. The average molecular weight is 419 g/mol. The monoisotopic (exact) mass is 418 g/mol. The Morgan fingerprint density at radius 2 is 1.80 bits per heavy atom. The van der Waals surface area contributed by atoms with E-state index in [4.69, 9.17) is 11.6 Å². The lowest BCUT2D eigenvalue weighted by molar-refractivity contribution is -0.140. The number of rotatable bonds is 4. The number of halogens is 1. The number of carbonyl (C=O) groups excluding carboxylic acids is 2. The van der Waals surface area contributed by atoms with Gasteiger partial charge in [-0.3, -0.25) is 14.6 Å². The van der Waals surface area contributed by atoms with E-state index in [1.54, 1.807) is 54.9 Å². The van der Waals surface area contributed by atoms with E-state index in [-0.39, 0.29) is 17.9 Å². The van der Waals surface area contributed by atoms with Crippen LogP contribution in [0.2, 0.25) is 5.02 Å². The van der Waals surface area contributed by atoms with Gasteiger partial charge in [0.25, 0.3) is 11.7 Å². The first kappa shape index (κ1) is 19.9. The molecule has 2 heterocycles. The molecule has 1 fully saturated rings. The predicted octanol–water partition coefficient (Wildman–Crippen LogP) is 4.67. The number of aliphatic hydroxyl groups excluding tert-OH is 1. The highest BCUT2D eigenvalue weighted by Gasteiger charge is 2.46. The Bertz CT molecular complexity index is 1140. The van der Waals surface area contributed by atoms with E-state index in [1.165, 1.54) is 4.90 Å². The van der Waals surface area contributed by atoms with Gasteiger partial charge >= 0.3 is 0 Å². The van der Waals surface area contributed by atoms with E-state index in [0.29, 0.717) is 16.1 Å². The predicted molar refractivity (Wildman–Crippen MR) is 115 cm³/mol. The second kappa shape index (κ2) is 8.13. The molecule has 1 unspecified atom stereocenters. The van der Waals surface area contributed by atoms with Crippen molar-refractivity contribution >= 4 is 29.1 Å². The third-order valence-corrected chi connectivity index (χ3v) is 5.48. The number of aryl methyl sites for hydroxylation is 1. The summed E-state index contributed by atoms with van der Waals surface area (Å²) in [6, 6.07) is 16.9. The van der Waals surface area contributed by atoms with Crippen LogP contribution in [0.1, 0.15) is 28.3 Å². The third-order valence-electron chi connectivity index (χ3n) is 5.14. The highest BCUT2D eigenvalue weighted by Crippen LogP contribution is 2.42. The van der Waals surface area contributed by atoms with Gasteiger partial charge in [-0.1, -0.05) is 65.7 Å². The van der Waals surface area contributed by atoms with E-state index in [9.17, 15) is 14.7 Å². The van der Waals surface area contributed by atoms with E-state index in [0.717, 1.165) is 11.1 Å². The fraction of sp³-hybridized carbons (Fsp3) is 0.125. The Balaban J connectivity index is 1.88. The van der Waals surface area contributed by atoms with Crippen molar-refractivity contribution < 1.29 is 14.7 Å². The number of hydrogen-bond acceptors (Lipinski definition) is 4. The van der Waals surface area contributed by atoms with Gasteiger partial charge < -0.3 is 10.0 Å². The minimum absolute atomic E-state index is 0.0286. The summed E-state index contributed by atoms with van der Waals surface area (Å²) in [5.74, 6) is -1.63. The molecule has 1 aromatic heterocycles. The van der Waals surface area contributed by atoms with Gasteiger partial charge in [-0.2, -0.15) is 0 Å². The average Bonchev–Trinajstić information content (AvgIpc) is 3.00. The molecule has 1 atom stereocenters. The molecule has 1 aliphatic heterocycles. The third kappa shape index (κ3) is 3.60. The van der Waals surface area contributed by atoms with Gasteiger partial charge in [0.1, 0.15) is 5.76 Å². The van der Waals surface area contributed by atoms with Crippen molar-refractivity contribution in [2.75, 3.05) is 0 Å². The molecule has 4 rings (SSSR count). The number of likely N-dealkylation sites (tertiary alicyclic amines) is 1. The minimum atomic E-state index is -0.805. The lowest BCUT2D eigenvalue weighted by Gasteiger charge is -2.26. The highest BCUT2D eigenvalue weighted by atomic mass is 35.5. The lowest BCUT2D eigenvalue weighted by Crippen LogP contribution is -2.29. The van der Waals surface area contributed by atoms with Gasteiger partial charge in [0.05, 0.1) is 11.6 Å². The maximum atomic E-state index is 13.0. The molecule has 150 valence electrons. The Morgan fingerprint density at radius 3 is 2.47 bits per heavy atom. The second-order valence-corrected chi connectivity index (χ2v) is 7.58. The topological polar surface area (TPSA) is 70.5 Å². The minimum Gasteiger partial charge on any atom is -0.507 e. The number of benzene rings is 2. The molecule has 1 saturated heterocycles. The number of pyridine rings is 1. The molecule has 3 aromatic rings. The molecule has 0 saturated carbocycles. The lowest BCUT2D eigenvalue weighted by atomic mass is 9.95. The number of aliphatic hydroxyl groups is 1. The van der Waals surface area contributed by atoms with E-state index >= 15 is 0 Å². The quantitative estimate of drug-likeness (QED) is 0.380. The van der Waals surface area contributed by atoms with Crippen molar-refractivity contribution in [2.45, 2.75) is 19.5 Å². The van der Waals surface area contributed by atoms with Gasteiger partial charge in [-0.05, 0) is 30.2 Å². The summed E-state index contributed by atoms with van der Waals surface area (Å²) < 4.78 is 0. The summed E-state index contributed by atoms with van der Waals surface area (Å²) in [5.41, 5.74) is 2.87. The van der Waals surface area contributed by atoms with Gasteiger partial charge in [-0.15, -0.1) is 0 Å². The van der Waals surface area contributed by atoms with Crippen molar-refractivity contribution in [2.24, 2.45) is 0 Å². The van der Waals surface area contributed by atoms with Crippen LogP contribution in [0.3, 0.4) is 0 Å². The molecule has 0 radical (unpaired) electrons. The molecule has 0 spiro atoms. The van der Waals surface area contributed by atoms with Crippen LogP contribution in [-0.2, 0) is 16.1 Å². The molecule has 1 aliphatic rings. The zero-order chi connectivity index (χ0) is 21.3. The molecule has 30 heavy (non-hydrogen) atoms. The smallest absolute Gasteiger partial charge is 0.295 e. The molecular weight excluding hydrogens is 400 g/mol. The first-order chi connectivity index (χ1) is 14.5. The van der Waals surface area contributed by atoms with E-state index in [1.807, 2.05) is 25.1 Å². The molecule has 0 bridgehead atoms. The normalized spacial score (nSPS) is 18.1. The molecule has 6 heteroatoms. The Labute approximate surface area is 179 Å². The Morgan fingerprint density at radius 1 is 1.07 bits per heavy atom. The summed E-state index contributed by atoms with van der Waals surface area (Å²) in [6.45, 7) is 2.10. The summed E-state index contributed by atoms with van der Waals surface area (Å²) in [5, 5.41) is 11.4. The van der Waals surface area contributed by atoms with Crippen molar-refractivity contribution in [3.8, 4) is 0 Å². The van der Waals surface area contributed by atoms with E-state index < -0.39 is 17.7 Å². The largest absolute Gasteiger partial charge is 0.507 e. The number of nitrogens with zero attached hydrogens (tertiary/aromatic N) is 2. The highest BCUT2D eigenvalue weighted by molar-refractivity contribution is 6.46. The van der Waals surface area contributed by atoms with Gasteiger partial charge in [-0.25, -0.2) is 0 Å². The molecule has 0 aliphatic carbocycles. The fourth-order valence-electron chi connectivity index (χ4n) is 3.62. The van der Waals surface area contributed by atoms with Crippen molar-refractivity contribution in [3.63, 3.8) is 0 Å². The zero-order valence-electron chi connectivity index (χ0n) is 16.2. The van der Waals surface area contributed by atoms with Crippen LogP contribution in [-0.4, -0.2) is 26.7 Å². The van der Waals surface area contributed by atoms with Crippen LogP contribution >= 0.6 is 11.6 Å². The molecule has 2 aromatic carbocycles. The fourth-order valence-corrected chi connectivity index (χ4v) is 3.86. The maximum absolute atomic E-state index is 13.0. The van der Waals surface area contributed by atoms with Crippen molar-refractivity contribution in [3.05, 3.63) is 106 Å². The first-order valence-electron chi connectivity index (χ1n) is 9.46. The molecule has 1 amide bonds. The van der Waals surface area contributed by atoms with Crippen molar-refractivity contribution in [1.29, 1.82) is 0 Å². The summed E-state index contributed by atoms with van der Waals surface area (Å²) in [4.78, 5) is 31.5. The van der Waals surface area contributed by atoms with Gasteiger partial charge in [0.15, 0.2) is 0 Å². The number of aromatic nitrogens is 1. The van der Waals surface area contributed by atoms with Crippen molar-refractivity contribution in [1.82, 2.24) is 9.88 Å². The standard InChI is InChI=1S/C24H19ClN2O3/c1-15-8-10-17(11-9-15)22(28)20-21(18-6-2-3-7-19(18)25)27(24(30)23(20)29)14-16-5-4-12-26-13-16/h2-13,21,28H,14H2,1H3/b22-20-. The number of hydrogen-bond donors (Lipinski definition) is 1. The van der Waals surface area contributed by atoms with Crippen LogP contribution in [0.4, 0.5) is 0 Å². The van der Waals surface area contributed by atoms with Crippen LogP contribution in [0.25, 0.3) is 5.76 Å². The number of ketones is 1. The molecule has 1 N–H and O–H groups in total. The summed E-state index contributed by atoms with van der Waals surface area (Å²) in [6.07, 6.45) is 3.28. The summed E-state index contributed by atoms with van der Waals surface area (Å²) >= 11 is 6.44. The first-order valence-corrected chi connectivity index (χ1v) is 9.84. The number of Topliss-reactive ketones (excluding diaryl/α,β-unsaturated/α-hetero) is 1. The Hall–Kier alpha value is -3.44. The van der Waals surface area contributed by atoms with Crippen LogP contribution in [0, 0.1) is 6.92 Å². The zero-order valence-corrected chi connectivity index (χ0v) is 17.0. The molecule has 5 nitrogen and oxygen atoms in total. The van der Waals surface area contributed by atoms with Gasteiger partial charge in [0, 0.05) is 29.5 Å². The molecular formula is C24H19ClN2O3. The number of carbonyl (C=O) groups is 2.